The number of aromatic nitrogens is 2. The number of hydrogen-bond donors (Lipinski definition) is 2. The van der Waals surface area contributed by atoms with Crippen LogP contribution in [0.5, 0.6) is 0 Å². The highest BCUT2D eigenvalue weighted by molar-refractivity contribution is 7.17. The molecule has 2 aliphatic heterocycles. The molecule has 0 saturated carbocycles. The number of β-amino-alcohol motifs (C(OH)–C–C–N with tert-alkyl or cyclic N) is 1. The summed E-state index contributed by atoms with van der Waals surface area (Å²) in [6.45, 7) is 21.0. The van der Waals surface area contributed by atoms with Gasteiger partial charge in [-0.05, 0) is 49.8 Å². The molecule has 4 heterocycles. The fraction of sp³-hybridized carbons (Fsp3) is 0.528. The van der Waals surface area contributed by atoms with Crippen molar-refractivity contribution in [3.63, 3.8) is 0 Å². The third kappa shape index (κ3) is 7.12. The van der Waals surface area contributed by atoms with Crippen molar-refractivity contribution < 1.29 is 18.6 Å². The summed E-state index contributed by atoms with van der Waals surface area (Å²) >= 11 is 0.979. The van der Waals surface area contributed by atoms with Crippen molar-refractivity contribution >= 4 is 44.6 Å². The molecule has 5 rings (SSSR count). The Hall–Kier alpha value is -3.39. The largest absolute Gasteiger partial charge is 0.389 e. The van der Waals surface area contributed by atoms with Gasteiger partial charge in [-0.15, -0.1) is 11.3 Å². The van der Waals surface area contributed by atoms with E-state index in [0.717, 1.165) is 28.4 Å². The quantitative estimate of drug-likeness (QED) is 0.273. The summed E-state index contributed by atoms with van der Waals surface area (Å²) in [5.41, 5.74) is 8.68. The second kappa shape index (κ2) is 15.5. The van der Waals surface area contributed by atoms with Crippen LogP contribution in [0.25, 0.3) is 22.3 Å². The molecule has 250 valence electrons. The van der Waals surface area contributed by atoms with Crippen molar-refractivity contribution in [1.82, 2.24) is 9.97 Å². The summed E-state index contributed by atoms with van der Waals surface area (Å²) in [5, 5.41) is 21.4. The number of benzene rings is 1. The topological polar surface area (TPSA) is 108 Å². The Kier molecular flexibility index (Phi) is 12.5. The third-order valence-electron chi connectivity index (χ3n) is 8.83. The maximum atomic E-state index is 16.8. The van der Waals surface area contributed by atoms with Gasteiger partial charge < -0.3 is 20.5 Å². The van der Waals surface area contributed by atoms with Crippen molar-refractivity contribution in [3.05, 3.63) is 56.4 Å². The summed E-state index contributed by atoms with van der Waals surface area (Å²) in [6, 6.07) is 2.12. The van der Waals surface area contributed by atoms with Gasteiger partial charge in [-0.25, -0.2) is 18.7 Å². The van der Waals surface area contributed by atoms with Gasteiger partial charge >= 0.3 is 0 Å². The van der Waals surface area contributed by atoms with Crippen LogP contribution >= 0.6 is 11.3 Å². The molecule has 10 heteroatoms. The third-order valence-corrected chi connectivity index (χ3v) is 9.86. The number of ether oxygens (including phenoxy) is 1. The first-order chi connectivity index (χ1) is 21.8. The molecule has 0 spiro atoms. The number of halogens is 2. The normalized spacial score (nSPS) is 19.7. The van der Waals surface area contributed by atoms with Crippen molar-refractivity contribution in [1.29, 1.82) is 5.26 Å². The Morgan fingerprint density at radius 2 is 1.91 bits per heavy atom. The second-order valence-electron chi connectivity index (χ2n) is 12.3. The minimum Gasteiger partial charge on any atom is -0.389 e. The van der Waals surface area contributed by atoms with Gasteiger partial charge in [0.15, 0.2) is 5.82 Å². The van der Waals surface area contributed by atoms with Crippen LogP contribution in [0.15, 0.2) is 17.8 Å². The van der Waals surface area contributed by atoms with Crippen LogP contribution in [-0.4, -0.2) is 33.8 Å². The molecular weight excluding hydrogens is 604 g/mol. The van der Waals surface area contributed by atoms with Crippen LogP contribution in [-0.2, 0) is 18.0 Å². The molecule has 0 radical (unpaired) electrons. The van der Waals surface area contributed by atoms with Crippen LogP contribution in [0.4, 0.5) is 19.7 Å². The number of anilines is 2. The molecule has 7 nitrogen and oxygen atoms in total. The van der Waals surface area contributed by atoms with E-state index in [9.17, 15) is 10.4 Å². The molecule has 1 aromatic carbocycles. The molecule has 0 aliphatic carbocycles. The van der Waals surface area contributed by atoms with E-state index in [1.165, 1.54) is 12.5 Å². The monoisotopic (exact) mass is 653 g/mol. The lowest BCUT2D eigenvalue weighted by atomic mass is 9.85. The molecule has 1 saturated heterocycles. The molecule has 2 unspecified atom stereocenters. The number of nitrogens with two attached hydrogens (primary N) is 1. The molecular formula is C36H49F2N5O2S. The first kappa shape index (κ1) is 37.1. The average Bonchev–Trinajstić information content (AvgIpc) is 3.74. The summed E-state index contributed by atoms with van der Waals surface area (Å²) in [6.07, 6.45) is 4.76. The van der Waals surface area contributed by atoms with Gasteiger partial charge in [-0.2, -0.15) is 5.26 Å². The summed E-state index contributed by atoms with van der Waals surface area (Å²) < 4.78 is 37.8. The maximum absolute atomic E-state index is 16.8. The van der Waals surface area contributed by atoms with Crippen molar-refractivity contribution in [2.75, 3.05) is 23.7 Å². The summed E-state index contributed by atoms with van der Waals surface area (Å²) in [5.74, 6) is 0.0844. The van der Waals surface area contributed by atoms with E-state index in [4.69, 9.17) is 10.5 Å². The van der Waals surface area contributed by atoms with Crippen molar-refractivity contribution in [2.24, 2.45) is 11.8 Å². The Morgan fingerprint density at radius 1 is 1.28 bits per heavy atom. The van der Waals surface area contributed by atoms with E-state index in [-0.39, 0.29) is 45.7 Å². The van der Waals surface area contributed by atoms with E-state index in [2.05, 4.69) is 36.8 Å². The number of aliphatic hydroxyl groups is 1. The average molecular weight is 654 g/mol. The summed E-state index contributed by atoms with van der Waals surface area (Å²) in [7, 11) is 0. The lowest BCUT2D eigenvalue weighted by molar-refractivity contribution is 0.0443. The number of thiophene rings is 1. The number of nitrogen functional groups attached to an aromatic ring is 1. The number of fused-ring (bicyclic) bond motifs is 3. The van der Waals surface area contributed by atoms with E-state index >= 15 is 8.78 Å². The van der Waals surface area contributed by atoms with Gasteiger partial charge in [0, 0.05) is 41.7 Å². The van der Waals surface area contributed by atoms with Gasteiger partial charge in [0.1, 0.15) is 22.4 Å². The SMILES string of the molecule is C/C=C(/F)c1sc(N)c(C#N)c1/C(=C(\C)CC)c1c2c(c3cnc(N4CC(C)C(C)(O)C4)nc3c1F)COC2.CC.CCC(C)C. The Balaban J connectivity index is 0.000000752. The lowest BCUT2D eigenvalue weighted by Gasteiger charge is -2.22. The minimum absolute atomic E-state index is 0.0132. The fourth-order valence-electron chi connectivity index (χ4n) is 5.43. The van der Waals surface area contributed by atoms with E-state index < -0.39 is 17.2 Å². The molecule has 1 fully saturated rings. The molecule has 2 aliphatic rings. The van der Waals surface area contributed by atoms with Crippen LogP contribution in [0, 0.1) is 29.0 Å². The van der Waals surface area contributed by atoms with Gasteiger partial charge in [0.05, 0.1) is 29.3 Å². The van der Waals surface area contributed by atoms with Crippen molar-refractivity contribution in [3.8, 4) is 6.07 Å². The molecule has 2 atom stereocenters. The smallest absolute Gasteiger partial charge is 0.226 e. The number of rotatable bonds is 6. The molecule has 3 aromatic rings. The van der Waals surface area contributed by atoms with E-state index in [1.54, 1.807) is 20.0 Å². The van der Waals surface area contributed by atoms with Crippen molar-refractivity contribution in [2.45, 2.75) is 101 Å². The fourth-order valence-corrected chi connectivity index (χ4v) is 6.42. The molecule has 0 amide bonds. The maximum Gasteiger partial charge on any atom is 0.226 e. The Bertz CT molecular complexity index is 1670. The molecule has 2 aromatic heterocycles. The first-order valence-electron chi connectivity index (χ1n) is 16.2. The van der Waals surface area contributed by atoms with Crippen LogP contribution in [0.2, 0.25) is 0 Å². The van der Waals surface area contributed by atoms with Gasteiger partial charge in [0.25, 0.3) is 0 Å². The minimum atomic E-state index is -0.915. The highest BCUT2D eigenvalue weighted by atomic mass is 32.1. The number of hydrogen-bond acceptors (Lipinski definition) is 8. The molecule has 3 N–H and O–H groups in total. The zero-order chi connectivity index (χ0) is 34.5. The number of nitrogens with zero attached hydrogens (tertiary/aromatic N) is 4. The van der Waals surface area contributed by atoms with E-state index in [1.807, 2.05) is 39.5 Å². The zero-order valence-electron chi connectivity index (χ0n) is 28.9. The highest BCUT2D eigenvalue weighted by Gasteiger charge is 2.40. The predicted molar refractivity (Wildman–Crippen MR) is 187 cm³/mol. The zero-order valence-corrected chi connectivity index (χ0v) is 29.8. The lowest BCUT2D eigenvalue weighted by Crippen LogP contribution is -2.33. The predicted octanol–water partition coefficient (Wildman–Crippen LogP) is 9.16. The number of nitriles is 1. The van der Waals surface area contributed by atoms with Crippen LogP contribution in [0.3, 0.4) is 0 Å². The molecule has 0 bridgehead atoms. The van der Waals surface area contributed by atoms with Crippen LogP contribution < -0.4 is 10.6 Å². The first-order valence-corrected chi connectivity index (χ1v) is 17.0. The standard InChI is InChI=1S/C29H31F2N5O2S.C5H12.C2H6/c1-6-14(3)21(23-16(8-32)27(33)39-26(23)20(30)7-2)22-19-12-38-11-18(19)17-9-34-28(35-25(17)24(22)31)36-10-15(4)29(5,37)13-36;1-4-5(2)3;1-2/h7,9,15,37H,6,10-13,33H2,1-5H3;5H,4H2,1-3H3;1-2H3/b20-7+,21-14+;;. The Morgan fingerprint density at radius 3 is 2.43 bits per heavy atom. The Labute approximate surface area is 276 Å². The number of allylic oxidation sites excluding steroid dienone is 2. The van der Waals surface area contributed by atoms with Crippen LogP contribution in [0.1, 0.15) is 115 Å². The summed E-state index contributed by atoms with van der Waals surface area (Å²) in [4.78, 5) is 11.2. The van der Waals surface area contributed by atoms with E-state index in [0.29, 0.717) is 47.5 Å². The van der Waals surface area contributed by atoms with Gasteiger partial charge in [0.2, 0.25) is 5.95 Å². The molecule has 46 heavy (non-hydrogen) atoms. The second-order valence-corrected chi connectivity index (χ2v) is 13.4. The highest BCUT2D eigenvalue weighted by Crippen LogP contribution is 2.47. The van der Waals surface area contributed by atoms with Gasteiger partial charge in [-0.1, -0.05) is 66.5 Å². The van der Waals surface area contributed by atoms with Gasteiger partial charge in [-0.3, -0.25) is 0 Å².